The molecule has 2 heterocycles. The lowest BCUT2D eigenvalue weighted by molar-refractivity contribution is -0.137. The topological polar surface area (TPSA) is 55.2 Å². The molecular formula is C22H20F3N3O2S. The molecule has 9 heteroatoms. The average Bonchev–Trinajstić information content (AvgIpc) is 2.90. The minimum atomic E-state index is -4.48. The van der Waals surface area contributed by atoms with E-state index in [0.717, 1.165) is 12.1 Å². The van der Waals surface area contributed by atoms with Gasteiger partial charge in [0.05, 0.1) is 29.5 Å². The molecule has 31 heavy (non-hydrogen) atoms. The molecule has 0 fully saturated rings. The highest BCUT2D eigenvalue weighted by atomic mass is 32.2. The number of alkyl halides is 3. The fraction of sp³-hybridized carbons (Fsp3) is 0.318. The summed E-state index contributed by atoms with van der Waals surface area (Å²) >= 11 is 1.48. The maximum Gasteiger partial charge on any atom is 0.416 e. The first-order valence-electron chi connectivity index (χ1n) is 9.87. The predicted molar refractivity (Wildman–Crippen MR) is 114 cm³/mol. The molecule has 1 unspecified atom stereocenters. The number of rotatable bonds is 3. The average molecular weight is 447 g/mol. The van der Waals surface area contributed by atoms with Gasteiger partial charge in [-0.1, -0.05) is 19.1 Å². The van der Waals surface area contributed by atoms with E-state index in [1.165, 1.54) is 28.9 Å². The Bertz CT molecular complexity index is 1190. The summed E-state index contributed by atoms with van der Waals surface area (Å²) in [6.45, 7) is 2.56. The van der Waals surface area contributed by atoms with Gasteiger partial charge in [-0.25, -0.2) is 0 Å². The number of anilines is 1. The van der Waals surface area contributed by atoms with E-state index in [-0.39, 0.29) is 29.6 Å². The Hall–Kier alpha value is -2.81. The third kappa shape index (κ3) is 4.46. The normalized spacial score (nSPS) is 16.8. The van der Waals surface area contributed by atoms with Crippen molar-refractivity contribution in [3.8, 4) is 0 Å². The van der Waals surface area contributed by atoms with Crippen molar-refractivity contribution >= 4 is 34.3 Å². The third-order valence-corrected chi connectivity index (χ3v) is 6.50. The summed E-state index contributed by atoms with van der Waals surface area (Å²) in [6, 6.07) is 10.5. The summed E-state index contributed by atoms with van der Waals surface area (Å²) in [6.07, 6.45) is -2.55. The maximum absolute atomic E-state index is 13.3. The van der Waals surface area contributed by atoms with E-state index in [2.05, 4.69) is 5.10 Å². The molecule has 0 spiro atoms. The van der Waals surface area contributed by atoms with Crippen LogP contribution >= 0.6 is 11.8 Å². The number of hydrogen-bond acceptors (Lipinski definition) is 4. The zero-order valence-corrected chi connectivity index (χ0v) is 17.5. The number of carbonyl (C=O) groups is 1. The Kier molecular flexibility index (Phi) is 5.79. The van der Waals surface area contributed by atoms with Crippen LogP contribution in [0.15, 0.2) is 58.4 Å². The lowest BCUT2D eigenvalue weighted by atomic mass is 10.1. The molecule has 1 amide bonds. The number of fused-ring (bicyclic) bond motifs is 2. The molecule has 162 valence electrons. The number of para-hydroxylation sites is 1. The molecule has 2 aromatic carbocycles. The Morgan fingerprint density at radius 1 is 1.23 bits per heavy atom. The molecular weight excluding hydrogens is 427 g/mol. The Labute approximate surface area is 180 Å². The molecule has 0 radical (unpaired) electrons. The standard InChI is InChI=1S/C22H20F3N3O2S/c1-14-8-10-27(18-12-15(22(23,24)25)6-7-20(18)31-14)21(30)9-11-28-17-5-3-2-4-16(17)19(29)13-26-28/h2-7,12-14H,8-11H2,1H3. The van der Waals surface area contributed by atoms with Crippen LogP contribution < -0.4 is 10.3 Å². The third-order valence-electron chi connectivity index (χ3n) is 5.26. The Balaban J connectivity index is 1.62. The molecule has 0 saturated heterocycles. The van der Waals surface area contributed by atoms with Crippen molar-refractivity contribution in [3.63, 3.8) is 0 Å². The summed E-state index contributed by atoms with van der Waals surface area (Å²) < 4.78 is 41.4. The number of amides is 1. The summed E-state index contributed by atoms with van der Waals surface area (Å²) in [5.41, 5.74) is -0.0629. The molecule has 4 rings (SSSR count). The van der Waals surface area contributed by atoms with Crippen LogP contribution in [0.3, 0.4) is 0 Å². The van der Waals surface area contributed by atoms with Gasteiger partial charge in [0.25, 0.3) is 0 Å². The van der Waals surface area contributed by atoms with Gasteiger partial charge in [-0.2, -0.15) is 18.3 Å². The number of halogens is 3. The monoisotopic (exact) mass is 447 g/mol. The van der Waals surface area contributed by atoms with Gasteiger partial charge < -0.3 is 4.90 Å². The second-order valence-electron chi connectivity index (χ2n) is 7.44. The van der Waals surface area contributed by atoms with Crippen LogP contribution in [0, 0.1) is 0 Å². The molecule has 0 saturated carbocycles. The van der Waals surface area contributed by atoms with E-state index in [1.807, 2.05) is 6.92 Å². The number of thioether (sulfide) groups is 1. The van der Waals surface area contributed by atoms with Crippen molar-refractivity contribution in [3.05, 3.63) is 64.4 Å². The van der Waals surface area contributed by atoms with E-state index < -0.39 is 11.7 Å². The van der Waals surface area contributed by atoms with Gasteiger partial charge in [-0.05, 0) is 36.8 Å². The van der Waals surface area contributed by atoms with E-state index in [0.29, 0.717) is 34.5 Å². The lowest BCUT2D eigenvalue weighted by Gasteiger charge is -2.24. The van der Waals surface area contributed by atoms with Gasteiger partial charge in [0.15, 0.2) is 0 Å². The summed E-state index contributed by atoms with van der Waals surface area (Å²) in [7, 11) is 0. The number of aromatic nitrogens is 2. The van der Waals surface area contributed by atoms with Gasteiger partial charge in [0, 0.05) is 28.5 Å². The minimum Gasteiger partial charge on any atom is -0.311 e. The summed E-state index contributed by atoms with van der Waals surface area (Å²) in [5, 5.41) is 4.81. The first-order valence-corrected chi connectivity index (χ1v) is 10.7. The molecule has 3 aromatic rings. The molecule has 1 aliphatic heterocycles. The van der Waals surface area contributed by atoms with Crippen LogP contribution in [-0.4, -0.2) is 27.5 Å². The zero-order chi connectivity index (χ0) is 22.2. The van der Waals surface area contributed by atoms with Gasteiger partial charge >= 0.3 is 6.18 Å². The first-order chi connectivity index (χ1) is 14.7. The zero-order valence-electron chi connectivity index (χ0n) is 16.7. The smallest absolute Gasteiger partial charge is 0.311 e. The lowest BCUT2D eigenvalue weighted by Crippen LogP contribution is -2.33. The number of benzene rings is 2. The number of carbonyl (C=O) groups excluding carboxylic acids is 1. The van der Waals surface area contributed by atoms with Crippen molar-refractivity contribution in [1.29, 1.82) is 0 Å². The fourth-order valence-electron chi connectivity index (χ4n) is 3.65. The van der Waals surface area contributed by atoms with Crippen LogP contribution in [0.25, 0.3) is 10.9 Å². The SMILES string of the molecule is CC1CCN(C(=O)CCn2ncc(=O)c3ccccc32)c2cc(C(F)(F)F)ccc2S1. The van der Waals surface area contributed by atoms with E-state index >= 15 is 0 Å². The van der Waals surface area contributed by atoms with Crippen LogP contribution in [-0.2, 0) is 17.5 Å². The minimum absolute atomic E-state index is 0.0502. The highest BCUT2D eigenvalue weighted by Crippen LogP contribution is 2.41. The fourth-order valence-corrected chi connectivity index (χ4v) is 4.74. The van der Waals surface area contributed by atoms with Gasteiger partial charge in [-0.15, -0.1) is 11.8 Å². The van der Waals surface area contributed by atoms with Gasteiger partial charge in [0.2, 0.25) is 11.3 Å². The van der Waals surface area contributed by atoms with Crippen LogP contribution in [0.1, 0.15) is 25.3 Å². The largest absolute Gasteiger partial charge is 0.416 e. The second-order valence-corrected chi connectivity index (χ2v) is 8.92. The molecule has 1 atom stereocenters. The predicted octanol–water partition coefficient (Wildman–Crippen LogP) is 4.72. The van der Waals surface area contributed by atoms with Gasteiger partial charge in [0.1, 0.15) is 0 Å². The van der Waals surface area contributed by atoms with Gasteiger partial charge in [-0.3, -0.25) is 14.3 Å². The summed E-state index contributed by atoms with van der Waals surface area (Å²) in [5.74, 6) is -0.278. The molecule has 5 nitrogen and oxygen atoms in total. The first kappa shape index (κ1) is 21.4. The number of aryl methyl sites for hydroxylation is 1. The van der Waals surface area contributed by atoms with Crippen molar-refractivity contribution in [2.75, 3.05) is 11.4 Å². The Morgan fingerprint density at radius 2 is 2.00 bits per heavy atom. The Morgan fingerprint density at radius 3 is 2.77 bits per heavy atom. The van der Waals surface area contributed by atoms with Crippen molar-refractivity contribution in [1.82, 2.24) is 9.78 Å². The quantitative estimate of drug-likeness (QED) is 0.583. The van der Waals surface area contributed by atoms with E-state index in [4.69, 9.17) is 0 Å². The maximum atomic E-state index is 13.3. The molecule has 0 aliphatic carbocycles. The van der Waals surface area contributed by atoms with Crippen LogP contribution in [0.4, 0.5) is 18.9 Å². The molecule has 0 bridgehead atoms. The highest BCUT2D eigenvalue weighted by molar-refractivity contribution is 8.00. The van der Waals surface area contributed by atoms with Crippen LogP contribution in [0.5, 0.6) is 0 Å². The van der Waals surface area contributed by atoms with Crippen molar-refractivity contribution < 1.29 is 18.0 Å². The number of hydrogen-bond donors (Lipinski definition) is 0. The van der Waals surface area contributed by atoms with Crippen molar-refractivity contribution in [2.24, 2.45) is 0 Å². The molecule has 0 N–H and O–H groups in total. The second kappa shape index (κ2) is 8.37. The summed E-state index contributed by atoms with van der Waals surface area (Å²) in [4.78, 5) is 27.2. The van der Waals surface area contributed by atoms with Crippen LogP contribution in [0.2, 0.25) is 0 Å². The van der Waals surface area contributed by atoms with E-state index in [9.17, 15) is 22.8 Å². The number of nitrogens with zero attached hydrogens (tertiary/aromatic N) is 3. The van der Waals surface area contributed by atoms with Crippen molar-refractivity contribution in [2.45, 2.75) is 42.6 Å². The van der Waals surface area contributed by atoms with E-state index in [1.54, 1.807) is 28.9 Å². The highest BCUT2D eigenvalue weighted by Gasteiger charge is 2.33. The molecule has 1 aromatic heterocycles. The molecule has 1 aliphatic rings.